The van der Waals surface area contributed by atoms with Gasteiger partial charge in [-0.2, -0.15) is 0 Å². The summed E-state index contributed by atoms with van der Waals surface area (Å²) in [6.45, 7) is 5.58. The molecule has 3 N–H and O–H groups in total. The first kappa shape index (κ1) is 28.1. The number of hydrogen-bond acceptors (Lipinski definition) is 4. The number of carboxylic acids is 1. The minimum Gasteiger partial charge on any atom is -0.480 e. The average molecular weight is 536 g/mol. The number of H-pyrrole nitrogens is 1. The van der Waals surface area contributed by atoms with Crippen molar-refractivity contribution in [2.45, 2.75) is 64.3 Å². The molecule has 1 aliphatic rings. The van der Waals surface area contributed by atoms with Gasteiger partial charge < -0.3 is 20.1 Å². The van der Waals surface area contributed by atoms with Gasteiger partial charge in [0.05, 0.1) is 6.61 Å². The van der Waals surface area contributed by atoms with Crippen molar-refractivity contribution in [3.63, 3.8) is 0 Å². The second kappa shape index (κ2) is 11.4. The van der Waals surface area contributed by atoms with Crippen LogP contribution in [0.5, 0.6) is 0 Å². The summed E-state index contributed by atoms with van der Waals surface area (Å²) in [5, 5.41) is 14.3. The molecule has 2 aromatic carbocycles. The van der Waals surface area contributed by atoms with Gasteiger partial charge in [0.1, 0.15) is 23.3 Å². The van der Waals surface area contributed by atoms with E-state index >= 15 is 4.39 Å². The van der Waals surface area contributed by atoms with Crippen LogP contribution < -0.4 is 5.32 Å². The Morgan fingerprint density at radius 2 is 2.03 bits per heavy atom. The van der Waals surface area contributed by atoms with Crippen molar-refractivity contribution in [3.05, 3.63) is 70.4 Å². The summed E-state index contributed by atoms with van der Waals surface area (Å²) in [5.74, 6) is -2.12. The van der Waals surface area contributed by atoms with Gasteiger partial charge in [0.2, 0.25) is 6.43 Å². The Kier molecular flexibility index (Phi) is 8.44. The maximum absolute atomic E-state index is 15.3. The molecule has 0 saturated carbocycles. The molecule has 0 saturated heterocycles. The standard InChI is InChI=1S/C28H33F4N3O3/c1-16-5-4-6-21(30)25(16)26(38-12-11-33-10-9-24(31)32)28(3,27(36)37)35-15-23-19(13-17(35)2)20-14-18(29)7-8-22(20)34-23/h4-8,14,17,24,26,33-34H,9-13,15H2,1-3H3,(H,36,37). The van der Waals surface area contributed by atoms with Crippen molar-refractivity contribution in [2.75, 3.05) is 19.7 Å². The normalized spacial score (nSPS) is 18.5. The van der Waals surface area contributed by atoms with Gasteiger partial charge in [0.25, 0.3) is 0 Å². The third-order valence-corrected chi connectivity index (χ3v) is 7.49. The van der Waals surface area contributed by atoms with Crippen LogP contribution in [0.25, 0.3) is 10.9 Å². The zero-order valence-electron chi connectivity index (χ0n) is 21.7. The number of nitrogens with zero attached hydrogens (tertiary/aromatic N) is 1. The van der Waals surface area contributed by atoms with Crippen LogP contribution in [0.2, 0.25) is 0 Å². The fourth-order valence-corrected chi connectivity index (χ4v) is 5.47. The van der Waals surface area contributed by atoms with Crippen LogP contribution in [0.1, 0.15) is 48.8 Å². The summed E-state index contributed by atoms with van der Waals surface area (Å²) in [4.78, 5) is 18.1. The van der Waals surface area contributed by atoms with E-state index in [0.717, 1.165) is 22.2 Å². The van der Waals surface area contributed by atoms with E-state index in [9.17, 15) is 23.1 Å². The van der Waals surface area contributed by atoms with Crippen LogP contribution in [-0.4, -0.2) is 58.7 Å². The lowest BCUT2D eigenvalue weighted by Gasteiger charge is -2.48. The number of aryl methyl sites for hydroxylation is 1. The van der Waals surface area contributed by atoms with E-state index in [0.29, 0.717) is 12.0 Å². The van der Waals surface area contributed by atoms with Crippen molar-refractivity contribution in [1.82, 2.24) is 15.2 Å². The predicted molar refractivity (Wildman–Crippen MR) is 136 cm³/mol. The van der Waals surface area contributed by atoms with E-state index in [1.807, 2.05) is 6.92 Å². The third-order valence-electron chi connectivity index (χ3n) is 7.49. The van der Waals surface area contributed by atoms with E-state index in [1.54, 1.807) is 30.0 Å². The van der Waals surface area contributed by atoms with Gasteiger partial charge in [0.15, 0.2) is 0 Å². The molecule has 0 spiro atoms. The molecule has 10 heteroatoms. The van der Waals surface area contributed by atoms with E-state index in [4.69, 9.17) is 4.74 Å². The number of aromatic amines is 1. The lowest BCUT2D eigenvalue weighted by atomic mass is 9.82. The molecule has 1 aromatic heterocycles. The van der Waals surface area contributed by atoms with Gasteiger partial charge in [-0.05, 0) is 62.6 Å². The van der Waals surface area contributed by atoms with Gasteiger partial charge >= 0.3 is 5.97 Å². The van der Waals surface area contributed by atoms with Crippen LogP contribution in [0.15, 0.2) is 36.4 Å². The second-order valence-electron chi connectivity index (χ2n) is 10.1. The van der Waals surface area contributed by atoms with Gasteiger partial charge in [-0.15, -0.1) is 0 Å². The molecule has 0 bridgehead atoms. The molecule has 0 radical (unpaired) electrons. The second-order valence-corrected chi connectivity index (χ2v) is 10.1. The van der Waals surface area contributed by atoms with Crippen LogP contribution >= 0.6 is 0 Å². The van der Waals surface area contributed by atoms with E-state index in [1.165, 1.54) is 25.1 Å². The Labute approximate surface area is 219 Å². The van der Waals surface area contributed by atoms with Crippen LogP contribution in [0.4, 0.5) is 17.6 Å². The number of aliphatic carboxylic acids is 1. The molecule has 0 amide bonds. The lowest BCUT2D eigenvalue weighted by Crippen LogP contribution is -2.61. The molecular formula is C28H33F4N3O3. The van der Waals surface area contributed by atoms with Crippen LogP contribution in [0, 0.1) is 18.6 Å². The number of nitrogens with one attached hydrogen (secondary N) is 2. The first-order valence-electron chi connectivity index (χ1n) is 12.7. The van der Waals surface area contributed by atoms with Crippen molar-refractivity contribution < 1.29 is 32.2 Å². The number of ether oxygens (including phenoxy) is 1. The number of carboxylic acid groups (broad SMARTS) is 1. The molecule has 3 atom stereocenters. The minimum absolute atomic E-state index is 0.0102. The summed E-state index contributed by atoms with van der Waals surface area (Å²) in [7, 11) is 0. The molecule has 38 heavy (non-hydrogen) atoms. The fourth-order valence-electron chi connectivity index (χ4n) is 5.47. The van der Waals surface area contributed by atoms with E-state index in [-0.39, 0.29) is 50.1 Å². The van der Waals surface area contributed by atoms with Gasteiger partial charge in [0, 0.05) is 54.3 Å². The lowest BCUT2D eigenvalue weighted by molar-refractivity contribution is -0.168. The number of rotatable bonds is 11. The summed E-state index contributed by atoms with van der Waals surface area (Å²) in [6, 6.07) is 8.71. The molecule has 6 nitrogen and oxygen atoms in total. The first-order valence-corrected chi connectivity index (χ1v) is 12.7. The molecule has 4 rings (SSSR count). The van der Waals surface area contributed by atoms with Crippen molar-refractivity contribution >= 4 is 16.9 Å². The largest absolute Gasteiger partial charge is 0.480 e. The van der Waals surface area contributed by atoms with Crippen molar-refractivity contribution in [2.24, 2.45) is 0 Å². The fraction of sp³-hybridized carbons (Fsp3) is 0.464. The number of carbonyl (C=O) groups is 1. The van der Waals surface area contributed by atoms with Crippen LogP contribution in [0.3, 0.4) is 0 Å². The van der Waals surface area contributed by atoms with Crippen molar-refractivity contribution in [1.29, 1.82) is 0 Å². The number of hydrogen-bond donors (Lipinski definition) is 3. The van der Waals surface area contributed by atoms with Gasteiger partial charge in [-0.3, -0.25) is 9.69 Å². The number of aromatic nitrogens is 1. The molecular weight excluding hydrogens is 502 g/mol. The first-order chi connectivity index (χ1) is 18.0. The maximum Gasteiger partial charge on any atom is 0.326 e. The topological polar surface area (TPSA) is 77.6 Å². The zero-order chi connectivity index (χ0) is 27.6. The molecule has 2 heterocycles. The highest BCUT2D eigenvalue weighted by atomic mass is 19.3. The number of alkyl halides is 2. The highest BCUT2D eigenvalue weighted by Crippen LogP contribution is 2.42. The zero-order valence-corrected chi connectivity index (χ0v) is 21.7. The SMILES string of the molecule is Cc1cccc(F)c1C(OCCNCCC(F)F)C(C)(C(=O)O)N1Cc2[nH]c3ccc(F)cc3c2CC1C. The molecule has 0 aliphatic carbocycles. The predicted octanol–water partition coefficient (Wildman–Crippen LogP) is 5.35. The molecule has 3 unspecified atom stereocenters. The number of fused-ring (bicyclic) bond motifs is 3. The molecule has 3 aromatic rings. The number of halogens is 4. The highest BCUT2D eigenvalue weighted by Gasteiger charge is 2.52. The van der Waals surface area contributed by atoms with Gasteiger partial charge in [-0.25, -0.2) is 17.6 Å². The van der Waals surface area contributed by atoms with E-state index < -0.39 is 29.9 Å². The monoisotopic (exact) mass is 535 g/mol. The van der Waals surface area contributed by atoms with Crippen molar-refractivity contribution in [3.8, 4) is 0 Å². The summed E-state index contributed by atoms with van der Waals surface area (Å²) >= 11 is 0. The van der Waals surface area contributed by atoms with Gasteiger partial charge in [-0.1, -0.05) is 12.1 Å². The summed E-state index contributed by atoms with van der Waals surface area (Å²) in [5.41, 5.74) is 1.44. The van der Waals surface area contributed by atoms with Crippen LogP contribution in [-0.2, 0) is 22.5 Å². The summed E-state index contributed by atoms with van der Waals surface area (Å²) in [6.07, 6.45) is -3.49. The Bertz CT molecular complexity index is 1280. The average Bonchev–Trinajstić information content (AvgIpc) is 3.20. The summed E-state index contributed by atoms with van der Waals surface area (Å²) < 4.78 is 60.3. The molecule has 1 aliphatic heterocycles. The smallest absolute Gasteiger partial charge is 0.326 e. The quantitative estimate of drug-likeness (QED) is 0.228. The Morgan fingerprint density at radius 3 is 2.71 bits per heavy atom. The van der Waals surface area contributed by atoms with E-state index in [2.05, 4.69) is 10.3 Å². The Balaban J connectivity index is 1.70. The molecule has 0 fully saturated rings. The maximum atomic E-state index is 15.3. The number of benzene rings is 2. The third kappa shape index (κ3) is 5.43. The Hall–Kier alpha value is -2.95. The molecule has 206 valence electrons. The Morgan fingerprint density at radius 1 is 1.26 bits per heavy atom. The highest BCUT2D eigenvalue weighted by molar-refractivity contribution is 5.85. The minimum atomic E-state index is -2.43.